The van der Waals surface area contributed by atoms with Crippen LogP contribution in [-0.2, 0) is 10.1 Å². The van der Waals surface area contributed by atoms with Crippen LogP contribution in [0.1, 0.15) is 38.0 Å². The molecule has 0 amide bonds. The highest BCUT2D eigenvalue weighted by atomic mass is 79.9. The zero-order valence-electron chi connectivity index (χ0n) is 14.8. The van der Waals surface area contributed by atoms with E-state index in [9.17, 15) is 4.39 Å². The molecule has 2 aromatic carbocycles. The van der Waals surface area contributed by atoms with Crippen molar-refractivity contribution in [3.8, 4) is 16.9 Å². The van der Waals surface area contributed by atoms with Gasteiger partial charge in [-0.15, -0.1) is 0 Å². The highest BCUT2D eigenvalue weighted by Gasteiger charge is 2.30. The summed E-state index contributed by atoms with van der Waals surface area (Å²) in [6.07, 6.45) is -0.171. The zero-order chi connectivity index (χ0) is 17.9. The Kier molecular flexibility index (Phi) is 6.05. The third kappa shape index (κ3) is 3.81. The Bertz CT molecular complexity index is 707. The summed E-state index contributed by atoms with van der Waals surface area (Å²) in [4.78, 5) is 0. The number of hydrogen-bond acceptors (Lipinski definition) is 2. The van der Waals surface area contributed by atoms with Crippen LogP contribution in [0.3, 0.4) is 0 Å². The van der Waals surface area contributed by atoms with Gasteiger partial charge in [-0.25, -0.2) is 4.39 Å². The molecule has 2 aromatic rings. The van der Waals surface area contributed by atoms with Crippen LogP contribution in [0.2, 0.25) is 0 Å². The second-order valence-electron chi connectivity index (χ2n) is 6.85. The van der Waals surface area contributed by atoms with Gasteiger partial charge in [0.1, 0.15) is 11.6 Å². The first-order valence-corrected chi connectivity index (χ1v) is 9.00. The molecule has 1 atom stereocenters. The van der Waals surface area contributed by atoms with E-state index >= 15 is 0 Å². The van der Waals surface area contributed by atoms with Crippen LogP contribution in [0.5, 0.6) is 5.75 Å². The van der Waals surface area contributed by atoms with Crippen molar-refractivity contribution in [1.29, 1.82) is 0 Å². The molecule has 4 heteroatoms. The van der Waals surface area contributed by atoms with Gasteiger partial charge in [-0.2, -0.15) is 0 Å². The van der Waals surface area contributed by atoms with Crippen molar-refractivity contribution in [3.63, 3.8) is 0 Å². The van der Waals surface area contributed by atoms with Crippen molar-refractivity contribution in [2.75, 3.05) is 14.2 Å². The van der Waals surface area contributed by atoms with E-state index in [4.69, 9.17) is 9.47 Å². The zero-order valence-corrected chi connectivity index (χ0v) is 16.4. The first-order valence-electron chi connectivity index (χ1n) is 7.88. The number of benzene rings is 2. The smallest absolute Gasteiger partial charge is 0.131 e. The van der Waals surface area contributed by atoms with Crippen LogP contribution in [-0.4, -0.2) is 14.2 Å². The monoisotopic (exact) mass is 394 g/mol. The van der Waals surface area contributed by atoms with E-state index in [1.165, 1.54) is 6.07 Å². The van der Waals surface area contributed by atoms with Crippen molar-refractivity contribution in [2.45, 2.75) is 32.2 Å². The molecule has 0 N–H and O–H groups in total. The van der Waals surface area contributed by atoms with Crippen molar-refractivity contribution < 1.29 is 13.9 Å². The van der Waals surface area contributed by atoms with Gasteiger partial charge in [0, 0.05) is 23.6 Å². The highest BCUT2D eigenvalue weighted by molar-refractivity contribution is 9.08. The van der Waals surface area contributed by atoms with Crippen molar-refractivity contribution in [1.82, 2.24) is 0 Å². The number of hydrogen-bond donors (Lipinski definition) is 0. The van der Waals surface area contributed by atoms with E-state index in [-0.39, 0.29) is 17.3 Å². The number of methoxy groups -OCH3 is 2. The molecule has 1 unspecified atom stereocenters. The Hall–Kier alpha value is -1.39. The van der Waals surface area contributed by atoms with Crippen LogP contribution in [0.4, 0.5) is 4.39 Å². The van der Waals surface area contributed by atoms with Crippen LogP contribution < -0.4 is 4.74 Å². The molecule has 0 spiro atoms. The molecule has 0 radical (unpaired) electrons. The summed E-state index contributed by atoms with van der Waals surface area (Å²) in [5.41, 5.74) is 3.20. The molecule has 0 bridgehead atoms. The fraction of sp³-hybridized carbons (Fsp3) is 0.400. The van der Waals surface area contributed by atoms with Gasteiger partial charge in [-0.05, 0) is 34.7 Å². The minimum atomic E-state index is -0.254. The summed E-state index contributed by atoms with van der Waals surface area (Å²) in [6, 6.07) is 10.8. The maximum Gasteiger partial charge on any atom is 0.131 e. The van der Waals surface area contributed by atoms with Gasteiger partial charge in [-0.3, -0.25) is 0 Å². The Labute approximate surface area is 152 Å². The van der Waals surface area contributed by atoms with Crippen molar-refractivity contribution in [3.05, 3.63) is 53.3 Å². The average molecular weight is 395 g/mol. The SMILES string of the molecule is COc1cc(-c2ccccc2F)c(C(OC)C(C)(C)C)cc1CBr. The normalized spacial score (nSPS) is 13.0. The number of halogens is 2. The first-order chi connectivity index (χ1) is 11.3. The lowest BCUT2D eigenvalue weighted by Gasteiger charge is -2.32. The van der Waals surface area contributed by atoms with Gasteiger partial charge in [0.05, 0.1) is 13.2 Å². The molecule has 0 aliphatic carbocycles. The minimum Gasteiger partial charge on any atom is -0.496 e. The molecule has 0 heterocycles. The molecule has 130 valence electrons. The van der Waals surface area contributed by atoms with Crippen LogP contribution in [0, 0.1) is 11.2 Å². The summed E-state index contributed by atoms with van der Waals surface area (Å²) in [5, 5.41) is 0.654. The summed E-state index contributed by atoms with van der Waals surface area (Å²) in [6.45, 7) is 6.35. The number of alkyl halides is 1. The van der Waals surface area contributed by atoms with Gasteiger partial charge in [0.25, 0.3) is 0 Å². The standard InChI is InChI=1S/C20H24BrFO2/c1-20(2,3)19(24-5)16-10-13(12-21)18(23-4)11-15(16)14-8-6-7-9-17(14)22/h6-11,19H,12H2,1-5H3. The molecule has 0 saturated carbocycles. The quantitative estimate of drug-likeness (QED) is 0.567. The van der Waals surface area contributed by atoms with Crippen LogP contribution >= 0.6 is 15.9 Å². The van der Waals surface area contributed by atoms with Gasteiger partial charge in [0.15, 0.2) is 0 Å². The topological polar surface area (TPSA) is 18.5 Å². The molecular formula is C20H24BrFO2. The Morgan fingerprint density at radius 2 is 1.75 bits per heavy atom. The fourth-order valence-electron chi connectivity index (χ4n) is 3.02. The molecule has 2 nitrogen and oxygen atoms in total. The summed E-state index contributed by atoms with van der Waals surface area (Å²) < 4.78 is 25.7. The molecule has 0 aliphatic heterocycles. The minimum absolute atomic E-state index is 0.132. The largest absolute Gasteiger partial charge is 0.496 e. The second kappa shape index (κ2) is 7.66. The Morgan fingerprint density at radius 1 is 1.08 bits per heavy atom. The Balaban J connectivity index is 2.78. The van der Waals surface area contributed by atoms with Crippen LogP contribution in [0.15, 0.2) is 36.4 Å². The fourth-order valence-corrected chi connectivity index (χ4v) is 3.45. The third-order valence-corrected chi connectivity index (χ3v) is 4.67. The lowest BCUT2D eigenvalue weighted by molar-refractivity contribution is 0.0155. The van der Waals surface area contributed by atoms with E-state index in [1.807, 2.05) is 12.1 Å². The Morgan fingerprint density at radius 3 is 2.25 bits per heavy atom. The van der Waals surface area contributed by atoms with E-state index < -0.39 is 0 Å². The molecule has 0 fully saturated rings. The average Bonchev–Trinajstić information content (AvgIpc) is 2.54. The van der Waals surface area contributed by atoms with E-state index in [2.05, 4.69) is 42.8 Å². The predicted molar refractivity (Wildman–Crippen MR) is 100 cm³/mol. The molecule has 24 heavy (non-hydrogen) atoms. The molecule has 0 aromatic heterocycles. The predicted octanol–water partition coefficient (Wildman–Crippen LogP) is 6.13. The maximum atomic E-state index is 14.4. The van der Waals surface area contributed by atoms with Gasteiger partial charge in [0.2, 0.25) is 0 Å². The van der Waals surface area contributed by atoms with Gasteiger partial charge < -0.3 is 9.47 Å². The van der Waals surface area contributed by atoms with Gasteiger partial charge in [-0.1, -0.05) is 54.9 Å². The highest BCUT2D eigenvalue weighted by Crippen LogP contribution is 2.43. The van der Waals surface area contributed by atoms with E-state index in [0.29, 0.717) is 10.9 Å². The number of rotatable bonds is 5. The van der Waals surface area contributed by atoms with Crippen molar-refractivity contribution >= 4 is 15.9 Å². The lowest BCUT2D eigenvalue weighted by atomic mass is 9.81. The first kappa shape index (κ1) is 18.9. The molecular weight excluding hydrogens is 371 g/mol. The summed E-state index contributed by atoms with van der Waals surface area (Å²) in [5.74, 6) is 0.480. The van der Waals surface area contributed by atoms with Crippen LogP contribution in [0.25, 0.3) is 11.1 Å². The maximum absolute atomic E-state index is 14.4. The van der Waals surface area contributed by atoms with Gasteiger partial charge >= 0.3 is 0 Å². The summed E-state index contributed by atoms with van der Waals surface area (Å²) >= 11 is 3.51. The van der Waals surface area contributed by atoms with E-state index in [0.717, 1.165) is 22.4 Å². The summed E-state index contributed by atoms with van der Waals surface area (Å²) in [7, 11) is 3.32. The second-order valence-corrected chi connectivity index (χ2v) is 7.41. The lowest BCUT2D eigenvalue weighted by Crippen LogP contribution is -2.21. The molecule has 2 rings (SSSR count). The van der Waals surface area contributed by atoms with Crippen molar-refractivity contribution in [2.24, 2.45) is 5.41 Å². The third-order valence-electron chi connectivity index (χ3n) is 4.07. The molecule has 0 aliphatic rings. The number of ether oxygens (including phenoxy) is 2. The molecule has 0 saturated heterocycles. The van der Waals surface area contributed by atoms with E-state index in [1.54, 1.807) is 26.4 Å².